The molecule has 1 unspecified atom stereocenters. The molecule has 0 amide bonds. The zero-order valence-electron chi connectivity index (χ0n) is 53.5. The molecule has 0 aromatic carbocycles. The number of unbranched alkanes of at least 4 members (excludes halogenated alkanes) is 36. The SMILES string of the molecule is CC/C=C\C/C=C\C/C=C\C/C=C\C/C=C\C/C=C\CCCCCCCCCCCCCCCCCCC(=O)OCC(COC(=O)CCCCCCC/C=C\CCC)OC(=O)CCCCCCCCC/C=C\CCCCCCCCC. The van der Waals surface area contributed by atoms with Gasteiger partial charge in [-0.2, -0.15) is 0 Å². The summed E-state index contributed by atoms with van der Waals surface area (Å²) in [6, 6.07) is 0. The monoisotopic (exact) mass is 1130 g/mol. The van der Waals surface area contributed by atoms with Crippen LogP contribution in [0.2, 0.25) is 0 Å². The van der Waals surface area contributed by atoms with E-state index in [4.69, 9.17) is 14.2 Å². The maximum Gasteiger partial charge on any atom is 0.306 e. The topological polar surface area (TPSA) is 78.9 Å². The van der Waals surface area contributed by atoms with E-state index >= 15 is 0 Å². The van der Waals surface area contributed by atoms with Crippen LogP contribution in [-0.2, 0) is 28.6 Å². The number of hydrogen-bond donors (Lipinski definition) is 0. The lowest BCUT2D eigenvalue weighted by molar-refractivity contribution is -0.167. The second-order valence-electron chi connectivity index (χ2n) is 23.1. The summed E-state index contributed by atoms with van der Waals surface area (Å²) in [7, 11) is 0. The molecule has 0 rings (SSSR count). The van der Waals surface area contributed by atoms with Crippen molar-refractivity contribution in [2.45, 2.75) is 348 Å². The lowest BCUT2D eigenvalue weighted by Crippen LogP contribution is -2.30. The highest BCUT2D eigenvalue weighted by atomic mass is 16.6. The molecule has 1 atom stereocenters. The Balaban J connectivity index is 4.10. The molecule has 0 saturated heterocycles. The minimum Gasteiger partial charge on any atom is -0.462 e. The molecule has 0 aliphatic carbocycles. The highest BCUT2D eigenvalue weighted by Crippen LogP contribution is 2.17. The minimum absolute atomic E-state index is 0.0782. The second kappa shape index (κ2) is 68.8. The lowest BCUT2D eigenvalue weighted by atomic mass is 10.0. The summed E-state index contributed by atoms with van der Waals surface area (Å²) in [5, 5.41) is 0. The molecule has 0 heterocycles. The molecule has 6 nitrogen and oxygen atoms in total. The number of carbonyl (C=O) groups excluding carboxylic acids is 3. The maximum absolute atomic E-state index is 12.9. The van der Waals surface area contributed by atoms with E-state index in [0.717, 1.165) is 109 Å². The third-order valence-electron chi connectivity index (χ3n) is 15.0. The fourth-order valence-electron chi connectivity index (χ4n) is 9.86. The Kier molecular flexibility index (Phi) is 65.7. The normalized spacial score (nSPS) is 12.7. The molecule has 0 aromatic heterocycles. The van der Waals surface area contributed by atoms with Crippen LogP contribution in [0.5, 0.6) is 0 Å². The van der Waals surface area contributed by atoms with Gasteiger partial charge in [-0.1, -0.05) is 304 Å². The van der Waals surface area contributed by atoms with Crippen LogP contribution in [-0.4, -0.2) is 37.2 Å². The first-order valence-corrected chi connectivity index (χ1v) is 34.7. The van der Waals surface area contributed by atoms with Crippen molar-refractivity contribution in [2.24, 2.45) is 0 Å². The van der Waals surface area contributed by atoms with Gasteiger partial charge in [-0.15, -0.1) is 0 Å². The second-order valence-corrected chi connectivity index (χ2v) is 23.1. The molecule has 6 heteroatoms. The highest BCUT2D eigenvalue weighted by molar-refractivity contribution is 5.71. The van der Waals surface area contributed by atoms with Crippen molar-refractivity contribution in [3.05, 3.63) is 97.2 Å². The molecule has 0 aliphatic heterocycles. The molecule has 0 aliphatic rings. The van der Waals surface area contributed by atoms with Gasteiger partial charge in [0.25, 0.3) is 0 Å². The van der Waals surface area contributed by atoms with Gasteiger partial charge in [0.2, 0.25) is 0 Å². The van der Waals surface area contributed by atoms with Gasteiger partial charge in [0.05, 0.1) is 0 Å². The van der Waals surface area contributed by atoms with Gasteiger partial charge in [-0.3, -0.25) is 14.4 Å². The fourth-order valence-corrected chi connectivity index (χ4v) is 9.86. The van der Waals surface area contributed by atoms with E-state index in [1.165, 1.54) is 193 Å². The van der Waals surface area contributed by atoms with E-state index in [1.54, 1.807) is 0 Å². The van der Waals surface area contributed by atoms with Crippen molar-refractivity contribution < 1.29 is 28.6 Å². The average Bonchev–Trinajstić information content (AvgIpc) is 3.47. The van der Waals surface area contributed by atoms with E-state index in [1.807, 2.05) is 0 Å². The predicted molar refractivity (Wildman–Crippen MR) is 353 cm³/mol. The molecule has 0 bridgehead atoms. The fraction of sp³-hybridized carbons (Fsp3) is 0.747. The van der Waals surface area contributed by atoms with Crippen LogP contribution in [0.25, 0.3) is 0 Å². The number of allylic oxidation sites excluding steroid dienone is 16. The van der Waals surface area contributed by atoms with E-state index < -0.39 is 6.10 Å². The van der Waals surface area contributed by atoms with Crippen LogP contribution in [0, 0.1) is 0 Å². The molecule has 0 saturated carbocycles. The zero-order valence-corrected chi connectivity index (χ0v) is 53.5. The smallest absolute Gasteiger partial charge is 0.306 e. The number of carbonyl (C=O) groups is 3. The van der Waals surface area contributed by atoms with Crippen LogP contribution >= 0.6 is 0 Å². The van der Waals surface area contributed by atoms with Gasteiger partial charge >= 0.3 is 17.9 Å². The molecule has 0 fully saturated rings. The summed E-state index contributed by atoms with van der Waals surface area (Å²) in [6.07, 6.45) is 93.1. The Morgan fingerprint density at radius 1 is 0.259 bits per heavy atom. The molecule has 0 spiro atoms. The van der Waals surface area contributed by atoms with Crippen LogP contribution in [0.1, 0.15) is 342 Å². The quantitative estimate of drug-likeness (QED) is 0.0261. The van der Waals surface area contributed by atoms with Gasteiger partial charge in [0.15, 0.2) is 6.10 Å². The summed E-state index contributed by atoms with van der Waals surface area (Å²) < 4.78 is 16.9. The zero-order chi connectivity index (χ0) is 58.5. The Morgan fingerprint density at radius 2 is 0.506 bits per heavy atom. The van der Waals surface area contributed by atoms with Crippen LogP contribution < -0.4 is 0 Å². The van der Waals surface area contributed by atoms with Crippen LogP contribution in [0.3, 0.4) is 0 Å². The molecular weight excluding hydrogens is 997 g/mol. The third-order valence-corrected chi connectivity index (χ3v) is 15.0. The molecule has 0 radical (unpaired) electrons. The van der Waals surface area contributed by atoms with Gasteiger partial charge in [0, 0.05) is 19.3 Å². The summed E-state index contributed by atoms with van der Waals surface area (Å²) in [6.45, 7) is 6.48. The largest absolute Gasteiger partial charge is 0.462 e. The molecule has 0 N–H and O–H groups in total. The van der Waals surface area contributed by atoms with Crippen molar-refractivity contribution in [1.82, 2.24) is 0 Å². The number of hydrogen-bond acceptors (Lipinski definition) is 6. The van der Waals surface area contributed by atoms with Gasteiger partial charge < -0.3 is 14.2 Å². The van der Waals surface area contributed by atoms with E-state index in [0.29, 0.717) is 19.3 Å². The Hall–Kier alpha value is -3.67. The summed E-state index contributed by atoms with van der Waals surface area (Å²) >= 11 is 0. The van der Waals surface area contributed by atoms with E-state index in [-0.39, 0.29) is 31.1 Å². The van der Waals surface area contributed by atoms with Crippen LogP contribution in [0.15, 0.2) is 97.2 Å². The first-order chi connectivity index (χ1) is 40.0. The molecule has 0 aromatic rings. The lowest BCUT2D eigenvalue weighted by Gasteiger charge is -2.18. The highest BCUT2D eigenvalue weighted by Gasteiger charge is 2.19. The van der Waals surface area contributed by atoms with Crippen molar-refractivity contribution in [3.63, 3.8) is 0 Å². The van der Waals surface area contributed by atoms with Crippen molar-refractivity contribution in [2.75, 3.05) is 13.2 Å². The number of ether oxygens (including phenoxy) is 3. The molecule has 466 valence electrons. The summed E-state index contributed by atoms with van der Waals surface area (Å²) in [5.74, 6) is -0.880. The third kappa shape index (κ3) is 67.0. The van der Waals surface area contributed by atoms with Gasteiger partial charge in [-0.05, 0) is 116 Å². The maximum atomic E-state index is 12.9. The Bertz CT molecular complexity index is 1580. The van der Waals surface area contributed by atoms with Crippen molar-refractivity contribution in [1.29, 1.82) is 0 Å². The number of esters is 3. The molecular formula is C75H130O6. The first kappa shape index (κ1) is 77.3. The van der Waals surface area contributed by atoms with Gasteiger partial charge in [-0.25, -0.2) is 0 Å². The average molecular weight is 1130 g/mol. The van der Waals surface area contributed by atoms with Gasteiger partial charge in [0.1, 0.15) is 13.2 Å². The van der Waals surface area contributed by atoms with E-state index in [9.17, 15) is 14.4 Å². The predicted octanol–water partition coefficient (Wildman–Crippen LogP) is 24.0. The van der Waals surface area contributed by atoms with Crippen LogP contribution in [0.4, 0.5) is 0 Å². The minimum atomic E-state index is -0.781. The standard InChI is InChI=1S/C75H130O6/c1-4-7-10-13-16-19-22-24-26-28-30-31-32-33-34-35-36-37-38-39-40-41-42-43-44-45-46-48-49-51-53-56-59-62-65-68-74(77)80-71-72(70-79-73(76)67-64-61-58-55-21-18-15-12-9-6-3)81-75(78)69-66-63-60-57-54-52-50-47-29-27-25-23-20-17-14-11-8-5-2/h7,10,12,15-16,19,24,26-27,29-31,33-34,36-37,72H,4-6,8-9,11,13-14,17-18,20-23,25,28,32,35,38-71H2,1-3H3/b10-7-,15-12-,19-16-,26-24-,29-27-,31-30-,34-33-,37-36-. The molecule has 81 heavy (non-hydrogen) atoms. The Labute approximate surface area is 502 Å². The van der Waals surface area contributed by atoms with Crippen molar-refractivity contribution >= 4 is 17.9 Å². The summed E-state index contributed by atoms with van der Waals surface area (Å²) in [4.78, 5) is 38.3. The van der Waals surface area contributed by atoms with E-state index in [2.05, 4.69) is 118 Å². The van der Waals surface area contributed by atoms with Crippen molar-refractivity contribution in [3.8, 4) is 0 Å². The number of rotatable bonds is 63. The Morgan fingerprint density at radius 3 is 0.815 bits per heavy atom. The first-order valence-electron chi connectivity index (χ1n) is 34.7. The summed E-state index contributed by atoms with van der Waals surface area (Å²) in [5.41, 5.74) is 0.